The van der Waals surface area contributed by atoms with Gasteiger partial charge in [0, 0.05) is 19.3 Å². The molecular formula is C70H122O6. The summed E-state index contributed by atoms with van der Waals surface area (Å²) in [6, 6.07) is 0. The van der Waals surface area contributed by atoms with Gasteiger partial charge in [0.05, 0.1) is 0 Å². The standard InChI is InChI=1S/C70H122O6/c1-4-7-10-13-16-19-22-25-28-30-32-33-34-35-36-37-38-40-42-45-48-51-54-57-60-63-69(72)75-66-67(65-74-68(71)62-59-56-53-50-47-44-41-27-24-21-18-15-12-9-6-3)76-70(73)64-61-58-55-52-49-46-43-39-31-29-26-23-20-17-14-11-8-5-2/h7,10,16,19-20,23,25,27-29,31-33,41,67H,4-6,8-9,11-15,17-18,21-22,24,26,30,34-40,42-66H2,1-3H3/b10-7-,19-16-,23-20-,28-25-,31-29-,33-32-,41-27-. The zero-order valence-corrected chi connectivity index (χ0v) is 50.3. The third-order valence-electron chi connectivity index (χ3n) is 14.1. The Hall–Kier alpha value is -3.41. The Labute approximate surface area is 471 Å². The van der Waals surface area contributed by atoms with Gasteiger partial charge in [-0.3, -0.25) is 14.4 Å². The van der Waals surface area contributed by atoms with E-state index in [4.69, 9.17) is 14.2 Å². The van der Waals surface area contributed by atoms with Gasteiger partial charge < -0.3 is 14.2 Å². The predicted octanol–water partition coefficient (Wildman–Crippen LogP) is 22.3. The van der Waals surface area contributed by atoms with Crippen molar-refractivity contribution in [1.82, 2.24) is 0 Å². The van der Waals surface area contributed by atoms with E-state index < -0.39 is 6.10 Å². The van der Waals surface area contributed by atoms with E-state index in [0.717, 1.165) is 103 Å². The lowest BCUT2D eigenvalue weighted by atomic mass is 10.0. The van der Waals surface area contributed by atoms with Crippen molar-refractivity contribution in [2.75, 3.05) is 13.2 Å². The van der Waals surface area contributed by atoms with Crippen LogP contribution in [0.1, 0.15) is 323 Å². The highest BCUT2D eigenvalue weighted by atomic mass is 16.6. The first-order valence-electron chi connectivity index (χ1n) is 32.6. The molecule has 76 heavy (non-hydrogen) atoms. The van der Waals surface area contributed by atoms with E-state index >= 15 is 0 Å². The van der Waals surface area contributed by atoms with Crippen molar-refractivity contribution in [2.45, 2.75) is 329 Å². The summed E-state index contributed by atoms with van der Waals surface area (Å²) in [6.07, 6.45) is 84.4. The van der Waals surface area contributed by atoms with E-state index in [-0.39, 0.29) is 31.1 Å². The first-order valence-corrected chi connectivity index (χ1v) is 32.6. The van der Waals surface area contributed by atoms with Gasteiger partial charge in [-0.05, 0) is 116 Å². The normalized spacial score (nSPS) is 12.6. The lowest BCUT2D eigenvalue weighted by molar-refractivity contribution is -0.167. The molecule has 1 unspecified atom stereocenters. The summed E-state index contributed by atoms with van der Waals surface area (Å²) in [7, 11) is 0. The highest BCUT2D eigenvalue weighted by Crippen LogP contribution is 2.16. The van der Waals surface area contributed by atoms with E-state index in [1.54, 1.807) is 0 Å². The van der Waals surface area contributed by atoms with Crippen molar-refractivity contribution in [2.24, 2.45) is 0 Å². The van der Waals surface area contributed by atoms with Crippen LogP contribution in [0.2, 0.25) is 0 Å². The average Bonchev–Trinajstić information content (AvgIpc) is 3.42. The first kappa shape index (κ1) is 72.6. The monoisotopic (exact) mass is 1060 g/mol. The van der Waals surface area contributed by atoms with Gasteiger partial charge in [-0.25, -0.2) is 0 Å². The minimum absolute atomic E-state index is 0.0818. The number of rotatable bonds is 59. The molecule has 0 aromatic heterocycles. The summed E-state index contributed by atoms with van der Waals surface area (Å²) >= 11 is 0. The summed E-state index contributed by atoms with van der Waals surface area (Å²) in [5.41, 5.74) is 0. The van der Waals surface area contributed by atoms with Crippen LogP contribution in [-0.2, 0) is 28.6 Å². The molecule has 0 spiro atoms. The van der Waals surface area contributed by atoms with Crippen molar-refractivity contribution in [3.8, 4) is 0 Å². The second kappa shape index (κ2) is 64.1. The van der Waals surface area contributed by atoms with Gasteiger partial charge in [0.2, 0.25) is 0 Å². The predicted molar refractivity (Wildman–Crippen MR) is 330 cm³/mol. The number of carbonyl (C=O) groups excluding carboxylic acids is 3. The Balaban J connectivity index is 4.34. The molecule has 0 aliphatic heterocycles. The maximum absolute atomic E-state index is 12.9. The lowest BCUT2D eigenvalue weighted by Crippen LogP contribution is -2.30. The van der Waals surface area contributed by atoms with E-state index in [1.807, 2.05) is 0 Å². The first-order chi connectivity index (χ1) is 37.5. The molecule has 0 amide bonds. The van der Waals surface area contributed by atoms with Crippen LogP contribution >= 0.6 is 0 Å². The van der Waals surface area contributed by atoms with E-state index in [9.17, 15) is 14.4 Å². The van der Waals surface area contributed by atoms with Gasteiger partial charge in [-0.15, -0.1) is 0 Å². The fraction of sp³-hybridized carbons (Fsp3) is 0.757. The quantitative estimate of drug-likeness (QED) is 0.0261. The number of hydrogen-bond donors (Lipinski definition) is 0. The van der Waals surface area contributed by atoms with Crippen LogP contribution in [0.25, 0.3) is 0 Å². The lowest BCUT2D eigenvalue weighted by Gasteiger charge is -2.18. The maximum Gasteiger partial charge on any atom is 0.306 e. The zero-order valence-electron chi connectivity index (χ0n) is 50.3. The van der Waals surface area contributed by atoms with Crippen LogP contribution < -0.4 is 0 Å². The number of ether oxygens (including phenoxy) is 3. The molecule has 6 heteroatoms. The van der Waals surface area contributed by atoms with Crippen molar-refractivity contribution in [3.05, 3.63) is 85.1 Å². The van der Waals surface area contributed by atoms with E-state index in [2.05, 4.69) is 106 Å². The number of carbonyl (C=O) groups is 3. The van der Waals surface area contributed by atoms with Gasteiger partial charge in [0.15, 0.2) is 6.10 Å². The minimum atomic E-state index is -0.786. The van der Waals surface area contributed by atoms with Crippen LogP contribution in [0.15, 0.2) is 85.1 Å². The molecule has 0 aliphatic rings. The van der Waals surface area contributed by atoms with Gasteiger partial charge in [-0.2, -0.15) is 0 Å². The minimum Gasteiger partial charge on any atom is -0.462 e. The summed E-state index contributed by atoms with van der Waals surface area (Å²) in [4.78, 5) is 38.3. The van der Waals surface area contributed by atoms with Gasteiger partial charge >= 0.3 is 17.9 Å². The highest BCUT2D eigenvalue weighted by molar-refractivity contribution is 5.71. The molecular weight excluding hydrogens is 937 g/mol. The van der Waals surface area contributed by atoms with Gasteiger partial charge in [-0.1, -0.05) is 273 Å². The number of allylic oxidation sites excluding steroid dienone is 14. The van der Waals surface area contributed by atoms with Crippen LogP contribution in [-0.4, -0.2) is 37.2 Å². The Morgan fingerprint density at radius 3 is 0.829 bits per heavy atom. The number of esters is 3. The molecule has 0 heterocycles. The molecule has 0 aromatic carbocycles. The molecule has 0 rings (SSSR count). The topological polar surface area (TPSA) is 78.9 Å². The van der Waals surface area contributed by atoms with Crippen molar-refractivity contribution >= 4 is 17.9 Å². The van der Waals surface area contributed by atoms with Crippen LogP contribution in [0.3, 0.4) is 0 Å². The second-order valence-corrected chi connectivity index (χ2v) is 21.6. The summed E-state index contributed by atoms with van der Waals surface area (Å²) < 4.78 is 16.9. The van der Waals surface area contributed by atoms with Crippen LogP contribution in [0.4, 0.5) is 0 Å². The Morgan fingerprint density at radius 2 is 0.513 bits per heavy atom. The van der Waals surface area contributed by atoms with Crippen molar-refractivity contribution in [3.63, 3.8) is 0 Å². The average molecular weight is 1060 g/mol. The maximum atomic E-state index is 12.9. The van der Waals surface area contributed by atoms with Crippen molar-refractivity contribution < 1.29 is 28.6 Å². The molecule has 438 valence electrons. The Morgan fingerprint density at radius 1 is 0.276 bits per heavy atom. The number of hydrogen-bond acceptors (Lipinski definition) is 6. The third-order valence-corrected chi connectivity index (χ3v) is 14.1. The molecule has 0 bridgehead atoms. The molecule has 0 aromatic rings. The second-order valence-electron chi connectivity index (χ2n) is 21.6. The summed E-state index contributed by atoms with van der Waals surface area (Å²) in [6.45, 7) is 6.53. The van der Waals surface area contributed by atoms with Crippen LogP contribution in [0.5, 0.6) is 0 Å². The van der Waals surface area contributed by atoms with Crippen LogP contribution in [0, 0.1) is 0 Å². The SMILES string of the molecule is CC/C=C\C/C=C\C/C=C\C/C=C\CCCCCCCCCCCCCCC(=O)OCC(COC(=O)CCCCCCC/C=C\CCCCCCCC)OC(=O)CCCCCCCCC/C=C\C/C=C\CCCCCC. The van der Waals surface area contributed by atoms with Crippen molar-refractivity contribution in [1.29, 1.82) is 0 Å². The smallest absolute Gasteiger partial charge is 0.306 e. The summed E-state index contributed by atoms with van der Waals surface area (Å²) in [5.74, 6) is -0.886. The molecule has 0 radical (unpaired) electrons. The Kier molecular flexibility index (Phi) is 61.2. The molecule has 0 aliphatic carbocycles. The molecule has 0 saturated carbocycles. The molecule has 1 atom stereocenters. The fourth-order valence-electron chi connectivity index (χ4n) is 9.23. The van der Waals surface area contributed by atoms with E-state index in [1.165, 1.54) is 180 Å². The highest BCUT2D eigenvalue weighted by Gasteiger charge is 2.19. The van der Waals surface area contributed by atoms with Gasteiger partial charge in [0.1, 0.15) is 13.2 Å². The van der Waals surface area contributed by atoms with E-state index in [0.29, 0.717) is 19.3 Å². The third kappa shape index (κ3) is 61.4. The molecule has 6 nitrogen and oxygen atoms in total. The number of unbranched alkanes of at least 4 members (excludes halogenated alkanes) is 34. The fourth-order valence-corrected chi connectivity index (χ4v) is 9.23. The van der Waals surface area contributed by atoms with Gasteiger partial charge in [0.25, 0.3) is 0 Å². The summed E-state index contributed by atoms with van der Waals surface area (Å²) in [5, 5.41) is 0. The Bertz CT molecular complexity index is 1450. The largest absolute Gasteiger partial charge is 0.462 e. The molecule has 0 saturated heterocycles. The molecule has 0 N–H and O–H groups in total. The zero-order chi connectivity index (χ0) is 55.0. The molecule has 0 fully saturated rings.